The maximum absolute atomic E-state index is 11.7. The van der Waals surface area contributed by atoms with Crippen LogP contribution < -0.4 is 4.74 Å². The first-order chi connectivity index (χ1) is 6.13. The summed E-state index contributed by atoms with van der Waals surface area (Å²) in [5.41, 5.74) is 0. The van der Waals surface area contributed by atoms with Crippen molar-refractivity contribution < 1.29 is 23.0 Å². The fourth-order valence-electron chi connectivity index (χ4n) is 0.691. The molecule has 0 N–H and O–H groups in total. The molecule has 0 saturated carbocycles. The Hall–Kier alpha value is -1.17. The molecule has 0 aliphatic heterocycles. The number of carbonyl (C=O) groups is 1. The van der Waals surface area contributed by atoms with E-state index < -0.39 is 12.6 Å². The molecule has 0 radical (unpaired) electrons. The number of esters is 1. The van der Waals surface area contributed by atoms with Gasteiger partial charge in [-0.15, -0.1) is 11.3 Å². The smallest absolute Gasteiger partial charge is 0.387 e. The molecule has 0 amide bonds. The number of hydrogen-bond acceptors (Lipinski definition) is 4. The Balaban J connectivity index is 2.69. The summed E-state index contributed by atoms with van der Waals surface area (Å²) in [6.07, 6.45) is 0. The molecule has 72 valence electrons. The Kier molecular flexibility index (Phi) is 3.18. The van der Waals surface area contributed by atoms with E-state index in [1.165, 1.54) is 18.6 Å². The minimum atomic E-state index is -2.87. The minimum Gasteiger partial charge on any atom is -0.465 e. The number of methoxy groups -OCH3 is 1. The van der Waals surface area contributed by atoms with E-state index >= 15 is 0 Å². The highest BCUT2D eigenvalue weighted by Gasteiger charge is 2.11. The number of alkyl halides is 2. The van der Waals surface area contributed by atoms with Crippen molar-refractivity contribution >= 4 is 17.3 Å². The Morgan fingerprint density at radius 2 is 2.31 bits per heavy atom. The molecular formula is C7H6F2O3S. The van der Waals surface area contributed by atoms with Gasteiger partial charge in [-0.05, 0) is 0 Å². The molecule has 0 aliphatic carbocycles. The molecule has 3 nitrogen and oxygen atoms in total. The van der Waals surface area contributed by atoms with Crippen LogP contribution in [0.3, 0.4) is 0 Å². The van der Waals surface area contributed by atoms with Gasteiger partial charge < -0.3 is 9.47 Å². The van der Waals surface area contributed by atoms with Gasteiger partial charge in [0, 0.05) is 11.4 Å². The van der Waals surface area contributed by atoms with Crippen molar-refractivity contribution in [1.82, 2.24) is 0 Å². The van der Waals surface area contributed by atoms with Crippen molar-refractivity contribution in [2.45, 2.75) is 6.61 Å². The maximum atomic E-state index is 11.7. The third-order valence-electron chi connectivity index (χ3n) is 1.19. The highest BCUT2D eigenvalue weighted by molar-refractivity contribution is 7.12. The van der Waals surface area contributed by atoms with Crippen molar-refractivity contribution in [1.29, 1.82) is 0 Å². The van der Waals surface area contributed by atoms with Crippen LogP contribution in [-0.4, -0.2) is 19.7 Å². The lowest BCUT2D eigenvalue weighted by atomic mass is 10.4. The topological polar surface area (TPSA) is 35.5 Å². The van der Waals surface area contributed by atoms with Gasteiger partial charge in [-0.2, -0.15) is 8.78 Å². The number of carbonyl (C=O) groups excluding carboxylic acids is 1. The lowest BCUT2D eigenvalue weighted by molar-refractivity contribution is -0.0496. The van der Waals surface area contributed by atoms with Gasteiger partial charge in [0.1, 0.15) is 10.6 Å². The molecule has 1 aromatic heterocycles. The number of halogens is 2. The fourth-order valence-corrected chi connectivity index (χ4v) is 1.42. The average molecular weight is 208 g/mol. The Morgan fingerprint density at radius 1 is 1.62 bits per heavy atom. The standard InChI is InChI=1S/C7H6F2O3S/c1-11-6(10)5-2-4(3-13-5)12-7(8)9/h2-3,7H,1H3. The van der Waals surface area contributed by atoms with Crippen molar-refractivity contribution in [3.8, 4) is 5.75 Å². The van der Waals surface area contributed by atoms with Crippen LogP contribution in [0.1, 0.15) is 9.67 Å². The van der Waals surface area contributed by atoms with Gasteiger partial charge in [0.25, 0.3) is 0 Å². The number of hydrogen-bond donors (Lipinski definition) is 0. The Labute approximate surface area is 76.9 Å². The predicted octanol–water partition coefficient (Wildman–Crippen LogP) is 2.14. The highest BCUT2D eigenvalue weighted by Crippen LogP contribution is 2.23. The molecule has 0 fully saturated rings. The largest absolute Gasteiger partial charge is 0.465 e. The summed E-state index contributed by atoms with van der Waals surface area (Å²) >= 11 is 0.991. The molecular weight excluding hydrogens is 202 g/mol. The van der Waals surface area contributed by atoms with E-state index in [0.717, 1.165) is 11.3 Å². The van der Waals surface area contributed by atoms with Gasteiger partial charge in [0.05, 0.1) is 7.11 Å². The zero-order chi connectivity index (χ0) is 9.84. The molecule has 0 bridgehead atoms. The van der Waals surface area contributed by atoms with Gasteiger partial charge in [-0.3, -0.25) is 0 Å². The van der Waals surface area contributed by atoms with Crippen LogP contribution >= 0.6 is 11.3 Å². The monoisotopic (exact) mass is 208 g/mol. The predicted molar refractivity (Wildman–Crippen MR) is 42.3 cm³/mol. The van der Waals surface area contributed by atoms with E-state index in [0.29, 0.717) is 0 Å². The van der Waals surface area contributed by atoms with E-state index in [4.69, 9.17) is 0 Å². The van der Waals surface area contributed by atoms with Crippen LogP contribution in [-0.2, 0) is 4.74 Å². The lowest BCUT2D eigenvalue weighted by Gasteiger charge is -1.98. The van der Waals surface area contributed by atoms with Crippen molar-refractivity contribution in [3.63, 3.8) is 0 Å². The fraction of sp³-hybridized carbons (Fsp3) is 0.286. The van der Waals surface area contributed by atoms with Gasteiger partial charge in [0.2, 0.25) is 0 Å². The lowest BCUT2D eigenvalue weighted by Crippen LogP contribution is -2.01. The molecule has 0 aromatic carbocycles. The number of thiophene rings is 1. The van der Waals surface area contributed by atoms with Crippen molar-refractivity contribution in [2.24, 2.45) is 0 Å². The van der Waals surface area contributed by atoms with E-state index in [1.54, 1.807) is 0 Å². The quantitative estimate of drug-likeness (QED) is 0.714. The zero-order valence-electron chi connectivity index (χ0n) is 6.62. The summed E-state index contributed by atoms with van der Waals surface area (Å²) in [4.78, 5) is 11.1. The van der Waals surface area contributed by atoms with Crippen LogP contribution in [0.2, 0.25) is 0 Å². The van der Waals surface area contributed by atoms with Crippen LogP contribution in [0.25, 0.3) is 0 Å². The summed E-state index contributed by atoms with van der Waals surface area (Å²) in [7, 11) is 1.22. The molecule has 13 heavy (non-hydrogen) atoms. The SMILES string of the molecule is COC(=O)c1cc(OC(F)F)cs1. The summed E-state index contributed by atoms with van der Waals surface area (Å²) in [6.45, 7) is -2.87. The summed E-state index contributed by atoms with van der Waals surface area (Å²) in [6, 6.07) is 1.21. The minimum absolute atomic E-state index is 0.0274. The van der Waals surface area contributed by atoms with Gasteiger partial charge in [0.15, 0.2) is 0 Å². The average Bonchev–Trinajstić information content (AvgIpc) is 2.50. The van der Waals surface area contributed by atoms with Crippen molar-refractivity contribution in [2.75, 3.05) is 7.11 Å². The first-order valence-electron chi connectivity index (χ1n) is 3.25. The first-order valence-corrected chi connectivity index (χ1v) is 4.13. The molecule has 0 saturated heterocycles. The normalized spacial score (nSPS) is 10.2. The van der Waals surface area contributed by atoms with Crippen LogP contribution in [0.5, 0.6) is 5.75 Å². The van der Waals surface area contributed by atoms with Gasteiger partial charge in [-0.1, -0.05) is 0 Å². The number of rotatable bonds is 3. The third-order valence-corrected chi connectivity index (χ3v) is 2.08. The molecule has 1 heterocycles. The molecule has 0 spiro atoms. The summed E-state index contributed by atoms with van der Waals surface area (Å²) in [5.74, 6) is -0.588. The molecule has 1 rings (SSSR count). The molecule has 0 unspecified atom stereocenters. The number of ether oxygens (including phenoxy) is 2. The molecule has 0 aliphatic rings. The zero-order valence-corrected chi connectivity index (χ0v) is 7.44. The third kappa shape index (κ3) is 2.66. The second kappa shape index (κ2) is 4.18. The summed E-state index contributed by atoms with van der Waals surface area (Å²) in [5, 5.41) is 1.32. The van der Waals surface area contributed by atoms with Crippen molar-refractivity contribution in [3.05, 3.63) is 16.3 Å². The first kappa shape index (κ1) is 9.91. The van der Waals surface area contributed by atoms with Crippen LogP contribution in [0.4, 0.5) is 8.78 Å². The second-order valence-electron chi connectivity index (χ2n) is 2.02. The Bertz CT molecular complexity index is 298. The van der Waals surface area contributed by atoms with Gasteiger partial charge >= 0.3 is 12.6 Å². The maximum Gasteiger partial charge on any atom is 0.387 e. The summed E-state index contributed by atoms with van der Waals surface area (Å²) < 4.78 is 31.8. The Morgan fingerprint density at radius 3 is 2.85 bits per heavy atom. The van der Waals surface area contributed by atoms with Gasteiger partial charge in [-0.25, -0.2) is 4.79 Å². The highest BCUT2D eigenvalue weighted by atomic mass is 32.1. The molecule has 6 heteroatoms. The van der Waals surface area contributed by atoms with E-state index in [1.807, 2.05) is 0 Å². The van der Waals surface area contributed by atoms with E-state index in [2.05, 4.69) is 9.47 Å². The second-order valence-corrected chi connectivity index (χ2v) is 2.93. The van der Waals surface area contributed by atoms with E-state index in [-0.39, 0.29) is 10.6 Å². The molecule has 1 aromatic rings. The molecule has 0 atom stereocenters. The van der Waals surface area contributed by atoms with Crippen LogP contribution in [0.15, 0.2) is 11.4 Å². The van der Waals surface area contributed by atoms with Crippen LogP contribution in [0, 0.1) is 0 Å². The van der Waals surface area contributed by atoms with E-state index in [9.17, 15) is 13.6 Å².